The minimum Gasteiger partial charge on any atom is -0.338 e. The number of hydrogen-bond acceptors (Lipinski definition) is 2. The predicted octanol–water partition coefficient (Wildman–Crippen LogP) is 3.17. The molecule has 1 aliphatic heterocycles. The molecule has 0 saturated carbocycles. The van der Waals surface area contributed by atoms with Crippen molar-refractivity contribution in [1.29, 1.82) is 0 Å². The highest BCUT2D eigenvalue weighted by atomic mass is 16.2. The van der Waals surface area contributed by atoms with Gasteiger partial charge in [0, 0.05) is 37.7 Å². The summed E-state index contributed by atoms with van der Waals surface area (Å²) < 4.78 is 0. The molecule has 2 aromatic carbocycles. The molecule has 130 valence electrons. The van der Waals surface area contributed by atoms with Crippen molar-refractivity contribution in [3.05, 3.63) is 65.7 Å². The van der Waals surface area contributed by atoms with Crippen LogP contribution in [0.1, 0.15) is 17.5 Å². The van der Waals surface area contributed by atoms with Crippen molar-refractivity contribution in [3.63, 3.8) is 0 Å². The molecule has 0 bridgehead atoms. The zero-order valence-electron chi connectivity index (χ0n) is 14.4. The third-order valence-corrected chi connectivity index (χ3v) is 4.37. The first-order valence-electron chi connectivity index (χ1n) is 8.53. The van der Waals surface area contributed by atoms with Gasteiger partial charge >= 0.3 is 6.03 Å². The number of aryl methyl sites for hydroxylation is 1. The van der Waals surface area contributed by atoms with Crippen molar-refractivity contribution in [2.75, 3.05) is 18.4 Å². The van der Waals surface area contributed by atoms with Gasteiger partial charge in [-0.2, -0.15) is 0 Å². The molecule has 1 heterocycles. The highest BCUT2D eigenvalue weighted by molar-refractivity contribution is 5.89. The van der Waals surface area contributed by atoms with Gasteiger partial charge in [0.2, 0.25) is 5.91 Å². The maximum atomic E-state index is 12.2. The van der Waals surface area contributed by atoms with Crippen molar-refractivity contribution in [3.8, 4) is 0 Å². The van der Waals surface area contributed by atoms with Crippen LogP contribution < -0.4 is 10.6 Å². The second kappa shape index (κ2) is 7.83. The number of benzene rings is 2. The van der Waals surface area contributed by atoms with Crippen LogP contribution >= 0.6 is 0 Å². The molecule has 1 saturated heterocycles. The van der Waals surface area contributed by atoms with E-state index in [0.717, 1.165) is 16.8 Å². The number of likely N-dealkylation sites (tertiary alicyclic amines) is 1. The highest BCUT2D eigenvalue weighted by Crippen LogP contribution is 2.19. The summed E-state index contributed by atoms with van der Waals surface area (Å²) in [5.74, 6) is 0.301. The van der Waals surface area contributed by atoms with Crippen LogP contribution in [0, 0.1) is 12.8 Å². The summed E-state index contributed by atoms with van der Waals surface area (Å²) in [7, 11) is 0. The van der Waals surface area contributed by atoms with Gasteiger partial charge in [0.25, 0.3) is 0 Å². The number of nitrogens with one attached hydrogen (secondary N) is 2. The zero-order valence-corrected chi connectivity index (χ0v) is 14.4. The molecule has 1 aliphatic rings. The monoisotopic (exact) mass is 337 g/mol. The number of amides is 3. The van der Waals surface area contributed by atoms with E-state index in [2.05, 4.69) is 10.6 Å². The molecule has 5 heteroatoms. The molecule has 3 amide bonds. The molecule has 1 fully saturated rings. The van der Waals surface area contributed by atoms with Gasteiger partial charge in [-0.3, -0.25) is 4.79 Å². The van der Waals surface area contributed by atoms with Crippen molar-refractivity contribution >= 4 is 17.6 Å². The minimum atomic E-state index is -0.238. The highest BCUT2D eigenvalue weighted by Gasteiger charge is 2.29. The molecule has 2 N–H and O–H groups in total. The molecule has 0 aromatic heterocycles. The zero-order chi connectivity index (χ0) is 17.6. The van der Waals surface area contributed by atoms with Crippen LogP contribution in [-0.4, -0.2) is 29.9 Å². The first-order chi connectivity index (χ1) is 12.1. The molecule has 2 aromatic rings. The van der Waals surface area contributed by atoms with Crippen LogP contribution in [-0.2, 0) is 11.3 Å². The van der Waals surface area contributed by atoms with Gasteiger partial charge < -0.3 is 15.5 Å². The third kappa shape index (κ3) is 4.83. The van der Waals surface area contributed by atoms with E-state index >= 15 is 0 Å². The number of urea groups is 1. The van der Waals surface area contributed by atoms with E-state index in [1.807, 2.05) is 66.4 Å². The number of carbonyl (C=O) groups excluding carboxylic acids is 2. The molecular formula is C20H23N3O2. The summed E-state index contributed by atoms with van der Waals surface area (Å²) in [6, 6.07) is 17.4. The van der Waals surface area contributed by atoms with Crippen LogP contribution in [0.3, 0.4) is 0 Å². The molecular weight excluding hydrogens is 314 g/mol. The Bertz CT molecular complexity index is 728. The lowest BCUT2D eigenvalue weighted by Crippen LogP contribution is -2.34. The Kier molecular flexibility index (Phi) is 5.33. The number of anilines is 1. The van der Waals surface area contributed by atoms with Gasteiger partial charge in [-0.15, -0.1) is 0 Å². The number of carbonyl (C=O) groups is 2. The molecule has 1 atom stereocenters. The summed E-state index contributed by atoms with van der Waals surface area (Å²) in [6.45, 7) is 3.81. The number of nitrogens with zero attached hydrogens (tertiary/aromatic N) is 1. The normalized spacial score (nSPS) is 16.8. The van der Waals surface area contributed by atoms with Crippen molar-refractivity contribution in [2.45, 2.75) is 19.9 Å². The number of rotatable bonds is 5. The molecule has 3 rings (SSSR count). The lowest BCUT2D eigenvalue weighted by Gasteiger charge is -2.17. The van der Waals surface area contributed by atoms with Gasteiger partial charge in [0.15, 0.2) is 0 Å². The average molecular weight is 337 g/mol. The molecule has 0 spiro atoms. The first-order valence-corrected chi connectivity index (χ1v) is 8.53. The Labute approximate surface area is 148 Å². The Hall–Kier alpha value is -2.82. The van der Waals surface area contributed by atoms with Gasteiger partial charge in [-0.25, -0.2) is 4.79 Å². The van der Waals surface area contributed by atoms with E-state index in [-0.39, 0.29) is 17.9 Å². The predicted molar refractivity (Wildman–Crippen MR) is 98.2 cm³/mol. The average Bonchev–Trinajstić information content (AvgIpc) is 2.96. The Morgan fingerprint density at radius 3 is 2.56 bits per heavy atom. The second-order valence-electron chi connectivity index (χ2n) is 6.53. The molecule has 25 heavy (non-hydrogen) atoms. The second-order valence-corrected chi connectivity index (χ2v) is 6.53. The smallest absolute Gasteiger partial charge is 0.319 e. The third-order valence-electron chi connectivity index (χ3n) is 4.37. The Balaban J connectivity index is 1.45. The topological polar surface area (TPSA) is 61.4 Å². The lowest BCUT2D eigenvalue weighted by molar-refractivity contribution is -0.128. The van der Waals surface area contributed by atoms with E-state index in [9.17, 15) is 9.59 Å². The van der Waals surface area contributed by atoms with E-state index in [0.29, 0.717) is 26.1 Å². The van der Waals surface area contributed by atoms with E-state index in [1.54, 1.807) is 0 Å². The van der Waals surface area contributed by atoms with E-state index in [4.69, 9.17) is 0 Å². The van der Waals surface area contributed by atoms with Crippen molar-refractivity contribution < 1.29 is 9.59 Å². The van der Waals surface area contributed by atoms with Crippen LogP contribution in [0.4, 0.5) is 10.5 Å². The van der Waals surface area contributed by atoms with Gasteiger partial charge in [-0.1, -0.05) is 48.0 Å². The fraction of sp³-hybridized carbons (Fsp3) is 0.300. The minimum absolute atomic E-state index is 0.148. The van der Waals surface area contributed by atoms with E-state index < -0.39 is 0 Å². The molecule has 1 unspecified atom stereocenters. The molecule has 0 radical (unpaired) electrons. The summed E-state index contributed by atoms with van der Waals surface area (Å²) >= 11 is 0. The Morgan fingerprint density at radius 1 is 1.12 bits per heavy atom. The van der Waals surface area contributed by atoms with Gasteiger partial charge in [0.1, 0.15) is 0 Å². The van der Waals surface area contributed by atoms with Crippen molar-refractivity contribution in [2.24, 2.45) is 5.92 Å². The van der Waals surface area contributed by atoms with Gasteiger partial charge in [-0.05, 0) is 24.6 Å². The summed E-state index contributed by atoms with van der Waals surface area (Å²) in [4.78, 5) is 26.0. The summed E-state index contributed by atoms with van der Waals surface area (Å²) in [5, 5.41) is 5.67. The Morgan fingerprint density at radius 2 is 1.84 bits per heavy atom. The maximum Gasteiger partial charge on any atom is 0.319 e. The van der Waals surface area contributed by atoms with Crippen molar-refractivity contribution in [1.82, 2.24) is 10.2 Å². The summed E-state index contributed by atoms with van der Waals surface area (Å²) in [6.07, 6.45) is 0.484. The number of hydrogen-bond donors (Lipinski definition) is 2. The van der Waals surface area contributed by atoms with E-state index in [1.165, 1.54) is 0 Å². The first kappa shape index (κ1) is 17.0. The van der Waals surface area contributed by atoms with Crippen LogP contribution in [0.25, 0.3) is 0 Å². The van der Waals surface area contributed by atoms with Gasteiger partial charge in [0.05, 0.1) is 0 Å². The van der Waals surface area contributed by atoms with Crippen LogP contribution in [0.2, 0.25) is 0 Å². The quantitative estimate of drug-likeness (QED) is 0.880. The van der Waals surface area contributed by atoms with Crippen LogP contribution in [0.15, 0.2) is 54.6 Å². The molecule has 5 nitrogen and oxygen atoms in total. The SMILES string of the molecule is Cc1ccc(NC(=O)NCC2CC(=O)N(Cc3ccccc3)C2)cc1. The maximum absolute atomic E-state index is 12.2. The fourth-order valence-electron chi connectivity index (χ4n) is 3.00. The molecule has 0 aliphatic carbocycles. The summed E-state index contributed by atoms with van der Waals surface area (Å²) in [5.41, 5.74) is 3.03. The van der Waals surface area contributed by atoms with Crippen LogP contribution in [0.5, 0.6) is 0 Å². The largest absolute Gasteiger partial charge is 0.338 e. The fourth-order valence-corrected chi connectivity index (χ4v) is 3.00. The standard InChI is InChI=1S/C20H23N3O2/c1-15-7-9-18(10-8-15)22-20(25)21-12-17-11-19(24)23(14-17)13-16-5-3-2-4-6-16/h2-10,17H,11-14H2,1H3,(H2,21,22,25). The lowest BCUT2D eigenvalue weighted by atomic mass is 10.1.